The van der Waals surface area contributed by atoms with Crippen LogP contribution in [0.4, 0.5) is 0 Å². The van der Waals surface area contributed by atoms with Gasteiger partial charge in [-0.3, -0.25) is 0 Å². The minimum atomic E-state index is -0.679. The Hall–Kier alpha value is -2.00. The lowest BCUT2D eigenvalue weighted by Crippen LogP contribution is -2.22. The summed E-state index contributed by atoms with van der Waals surface area (Å²) in [6.07, 6.45) is -1.05. The zero-order valence-electron chi connectivity index (χ0n) is 12.0. The molecule has 0 aliphatic carbocycles. The minimum Gasteiger partial charge on any atom is -0.493 e. The van der Waals surface area contributed by atoms with Crippen LogP contribution in [0.2, 0.25) is 0 Å². The van der Waals surface area contributed by atoms with Crippen molar-refractivity contribution in [2.45, 2.75) is 26.1 Å². The molecule has 0 saturated carbocycles. The van der Waals surface area contributed by atoms with E-state index in [4.69, 9.17) is 9.47 Å². The quantitative estimate of drug-likeness (QED) is 0.905. The molecular formula is C17H20O3. The Balaban J connectivity index is 2.13. The summed E-state index contributed by atoms with van der Waals surface area (Å²) >= 11 is 0. The van der Waals surface area contributed by atoms with Crippen LogP contribution in [0.1, 0.15) is 24.2 Å². The molecule has 0 aliphatic rings. The Labute approximate surface area is 119 Å². The average molecular weight is 272 g/mol. The van der Waals surface area contributed by atoms with Crippen molar-refractivity contribution < 1.29 is 14.6 Å². The zero-order valence-corrected chi connectivity index (χ0v) is 12.0. The first-order valence-corrected chi connectivity index (χ1v) is 6.66. The first kappa shape index (κ1) is 14.4. The Morgan fingerprint density at radius 1 is 1.00 bits per heavy atom. The summed E-state index contributed by atoms with van der Waals surface area (Å²) in [7, 11) is 1.61. The predicted molar refractivity (Wildman–Crippen MR) is 79.2 cm³/mol. The smallest absolute Gasteiger partial charge is 0.161 e. The van der Waals surface area contributed by atoms with E-state index in [2.05, 4.69) is 0 Å². The molecule has 2 aromatic carbocycles. The molecule has 0 fully saturated rings. The molecule has 2 rings (SSSR count). The fourth-order valence-corrected chi connectivity index (χ4v) is 2.06. The second-order valence-electron chi connectivity index (χ2n) is 4.83. The lowest BCUT2D eigenvalue weighted by Gasteiger charge is -2.22. The van der Waals surface area contributed by atoms with Gasteiger partial charge in [0.25, 0.3) is 0 Å². The maximum atomic E-state index is 10.3. The van der Waals surface area contributed by atoms with Crippen LogP contribution in [0.25, 0.3) is 0 Å². The molecule has 0 aromatic heterocycles. The first-order valence-electron chi connectivity index (χ1n) is 6.66. The van der Waals surface area contributed by atoms with Gasteiger partial charge in [-0.05, 0) is 37.1 Å². The molecule has 0 spiro atoms. The summed E-state index contributed by atoms with van der Waals surface area (Å²) in [6, 6.07) is 15.2. The summed E-state index contributed by atoms with van der Waals surface area (Å²) in [4.78, 5) is 0. The molecule has 0 amide bonds. The molecule has 3 heteroatoms. The Morgan fingerprint density at radius 3 is 2.35 bits per heavy atom. The molecule has 2 aromatic rings. The van der Waals surface area contributed by atoms with Gasteiger partial charge in [0.1, 0.15) is 12.2 Å². The summed E-state index contributed by atoms with van der Waals surface area (Å²) in [5, 5.41) is 10.3. The number of aliphatic hydroxyl groups is 1. The van der Waals surface area contributed by atoms with Crippen molar-refractivity contribution in [2.24, 2.45) is 0 Å². The summed E-state index contributed by atoms with van der Waals surface area (Å²) in [6.45, 7) is 3.84. The van der Waals surface area contributed by atoms with Crippen LogP contribution in [0.15, 0.2) is 48.5 Å². The van der Waals surface area contributed by atoms with E-state index < -0.39 is 6.10 Å². The van der Waals surface area contributed by atoms with Crippen LogP contribution in [0.5, 0.6) is 11.5 Å². The normalized spacial score (nSPS) is 13.6. The topological polar surface area (TPSA) is 38.7 Å². The number of methoxy groups -OCH3 is 1. The van der Waals surface area contributed by atoms with Gasteiger partial charge in [0.2, 0.25) is 0 Å². The van der Waals surface area contributed by atoms with Gasteiger partial charge >= 0.3 is 0 Å². The number of hydrogen-bond donors (Lipinski definition) is 1. The molecule has 0 saturated heterocycles. The molecule has 0 radical (unpaired) electrons. The largest absolute Gasteiger partial charge is 0.493 e. The lowest BCUT2D eigenvalue weighted by molar-refractivity contribution is 0.0451. The third-order valence-electron chi connectivity index (χ3n) is 3.22. The van der Waals surface area contributed by atoms with Crippen molar-refractivity contribution in [1.29, 1.82) is 0 Å². The highest BCUT2D eigenvalue weighted by molar-refractivity contribution is 5.42. The zero-order chi connectivity index (χ0) is 14.5. The maximum absolute atomic E-state index is 10.3. The van der Waals surface area contributed by atoms with Gasteiger partial charge in [-0.1, -0.05) is 36.4 Å². The summed E-state index contributed by atoms with van der Waals surface area (Å²) in [5.74, 6) is 1.32. The third kappa shape index (κ3) is 3.31. The fraction of sp³-hybridized carbons (Fsp3) is 0.294. The number of aliphatic hydroxyl groups excluding tert-OH is 1. The molecule has 2 unspecified atom stereocenters. The van der Waals surface area contributed by atoms with E-state index in [1.54, 1.807) is 7.11 Å². The highest BCUT2D eigenvalue weighted by Crippen LogP contribution is 2.30. The maximum Gasteiger partial charge on any atom is 0.161 e. The van der Waals surface area contributed by atoms with Crippen LogP contribution in [-0.4, -0.2) is 18.3 Å². The van der Waals surface area contributed by atoms with Gasteiger partial charge < -0.3 is 14.6 Å². The van der Waals surface area contributed by atoms with Gasteiger partial charge in [0.15, 0.2) is 11.5 Å². The van der Waals surface area contributed by atoms with Crippen LogP contribution in [-0.2, 0) is 0 Å². The van der Waals surface area contributed by atoms with Crippen molar-refractivity contribution in [1.82, 2.24) is 0 Å². The molecule has 3 nitrogen and oxygen atoms in total. The molecule has 20 heavy (non-hydrogen) atoms. The second kappa shape index (κ2) is 6.44. The minimum absolute atomic E-state index is 0.367. The monoisotopic (exact) mass is 272 g/mol. The van der Waals surface area contributed by atoms with E-state index in [0.717, 1.165) is 11.1 Å². The van der Waals surface area contributed by atoms with Crippen molar-refractivity contribution in [3.05, 3.63) is 59.7 Å². The molecule has 0 bridgehead atoms. The summed E-state index contributed by atoms with van der Waals surface area (Å²) in [5.41, 5.74) is 1.94. The van der Waals surface area contributed by atoms with Crippen molar-refractivity contribution in [3.8, 4) is 11.5 Å². The number of ether oxygens (including phenoxy) is 2. The Kier molecular flexibility index (Phi) is 4.64. The van der Waals surface area contributed by atoms with E-state index in [-0.39, 0.29) is 6.10 Å². The van der Waals surface area contributed by atoms with Gasteiger partial charge in [-0.25, -0.2) is 0 Å². The van der Waals surface area contributed by atoms with Crippen LogP contribution < -0.4 is 9.47 Å². The number of benzene rings is 2. The molecule has 2 atom stereocenters. The molecule has 106 valence electrons. The first-order chi connectivity index (χ1) is 9.61. The number of aryl methyl sites for hydroxylation is 1. The number of rotatable bonds is 5. The third-order valence-corrected chi connectivity index (χ3v) is 3.22. The van der Waals surface area contributed by atoms with E-state index in [0.29, 0.717) is 11.5 Å². The van der Waals surface area contributed by atoms with Crippen LogP contribution in [0.3, 0.4) is 0 Å². The highest BCUT2D eigenvalue weighted by Gasteiger charge is 2.19. The molecule has 0 aliphatic heterocycles. The van der Waals surface area contributed by atoms with Crippen LogP contribution >= 0.6 is 0 Å². The van der Waals surface area contributed by atoms with E-state index in [1.807, 2.05) is 62.4 Å². The molecule has 0 heterocycles. The van der Waals surface area contributed by atoms with Gasteiger partial charge in [0.05, 0.1) is 7.11 Å². The fourth-order valence-electron chi connectivity index (χ4n) is 2.06. The van der Waals surface area contributed by atoms with E-state index >= 15 is 0 Å². The van der Waals surface area contributed by atoms with Gasteiger partial charge in [0, 0.05) is 0 Å². The van der Waals surface area contributed by atoms with Crippen molar-refractivity contribution >= 4 is 0 Å². The lowest BCUT2D eigenvalue weighted by atomic mass is 10.1. The van der Waals surface area contributed by atoms with Crippen LogP contribution in [0, 0.1) is 6.92 Å². The van der Waals surface area contributed by atoms with Crippen molar-refractivity contribution in [2.75, 3.05) is 7.11 Å². The van der Waals surface area contributed by atoms with E-state index in [9.17, 15) is 5.11 Å². The number of hydrogen-bond acceptors (Lipinski definition) is 3. The standard InChI is InChI=1S/C17H20O3/c1-12-9-10-15(16(11-12)19-3)20-13(2)17(18)14-7-5-4-6-8-14/h4-11,13,17-18H,1-3H3. The van der Waals surface area contributed by atoms with Gasteiger partial charge in [-0.2, -0.15) is 0 Å². The molecule has 1 N–H and O–H groups in total. The second-order valence-corrected chi connectivity index (χ2v) is 4.83. The summed E-state index contributed by atoms with van der Waals surface area (Å²) < 4.78 is 11.1. The van der Waals surface area contributed by atoms with Crippen molar-refractivity contribution in [3.63, 3.8) is 0 Å². The Morgan fingerprint density at radius 2 is 1.70 bits per heavy atom. The molecular weight excluding hydrogens is 252 g/mol. The highest BCUT2D eigenvalue weighted by atomic mass is 16.5. The SMILES string of the molecule is COc1cc(C)ccc1OC(C)C(O)c1ccccc1. The Bertz CT molecular complexity index is 551. The van der Waals surface area contributed by atoms with E-state index in [1.165, 1.54) is 0 Å². The average Bonchev–Trinajstić information content (AvgIpc) is 2.49. The van der Waals surface area contributed by atoms with Gasteiger partial charge in [-0.15, -0.1) is 0 Å². The predicted octanol–water partition coefficient (Wildman–Crippen LogP) is 3.50.